The van der Waals surface area contributed by atoms with Gasteiger partial charge in [-0.05, 0) is 62.2 Å². The fourth-order valence-electron chi connectivity index (χ4n) is 4.06. The van der Waals surface area contributed by atoms with Crippen LogP contribution < -0.4 is 9.47 Å². The number of amides is 1. The third-order valence-electron chi connectivity index (χ3n) is 5.76. The number of aryl methyl sites for hydroxylation is 1. The first-order valence-corrected chi connectivity index (χ1v) is 11.7. The summed E-state index contributed by atoms with van der Waals surface area (Å²) in [6.07, 6.45) is 3.40. The average molecular weight is 480 g/mol. The number of carbonyl (C=O) groups is 2. The molecule has 0 radical (unpaired) electrons. The molecule has 0 aliphatic carbocycles. The van der Waals surface area contributed by atoms with E-state index in [1.165, 1.54) is 17.2 Å². The summed E-state index contributed by atoms with van der Waals surface area (Å²) in [5.74, 6) is 0.355. The van der Waals surface area contributed by atoms with Crippen LogP contribution in [0.3, 0.4) is 0 Å². The van der Waals surface area contributed by atoms with Crippen LogP contribution in [0.1, 0.15) is 60.4 Å². The number of benzene rings is 1. The third kappa shape index (κ3) is 4.96. The lowest BCUT2D eigenvalue weighted by Gasteiger charge is -2.26. The molecule has 1 atom stereocenters. The number of aliphatic hydroxyl groups excluding tert-OH is 1. The molecule has 1 aliphatic heterocycles. The Morgan fingerprint density at radius 3 is 2.60 bits per heavy atom. The highest BCUT2D eigenvalue weighted by Gasteiger charge is 2.45. The lowest BCUT2D eigenvalue weighted by Crippen LogP contribution is -2.30. The second-order valence-electron chi connectivity index (χ2n) is 8.26. The Morgan fingerprint density at radius 2 is 1.94 bits per heavy atom. The maximum atomic E-state index is 13.4. The zero-order valence-corrected chi connectivity index (χ0v) is 20.1. The van der Waals surface area contributed by atoms with E-state index in [1.807, 2.05) is 6.92 Å². The van der Waals surface area contributed by atoms with Gasteiger partial charge in [0.25, 0.3) is 5.91 Å². The molecular formula is C27H29NO7. The number of hydrogen-bond donors (Lipinski definition) is 1. The van der Waals surface area contributed by atoms with E-state index in [0.717, 1.165) is 12.8 Å². The normalized spacial score (nSPS) is 15.7. The molecule has 0 bridgehead atoms. The maximum Gasteiger partial charge on any atom is 0.290 e. The lowest BCUT2D eigenvalue weighted by molar-refractivity contribution is -0.130. The monoisotopic (exact) mass is 479 g/mol. The van der Waals surface area contributed by atoms with Gasteiger partial charge in [-0.1, -0.05) is 19.4 Å². The van der Waals surface area contributed by atoms with Gasteiger partial charge in [-0.25, -0.2) is 0 Å². The number of nitrogens with zero attached hydrogens (tertiary/aromatic N) is 1. The number of aliphatic hydroxyl groups is 1. The van der Waals surface area contributed by atoms with Gasteiger partial charge in [-0.2, -0.15) is 0 Å². The summed E-state index contributed by atoms with van der Waals surface area (Å²) >= 11 is 0. The summed E-state index contributed by atoms with van der Waals surface area (Å²) in [6.45, 7) is 6.68. The van der Waals surface area contributed by atoms with Gasteiger partial charge in [0.15, 0.2) is 23.0 Å². The summed E-state index contributed by atoms with van der Waals surface area (Å²) in [6, 6.07) is 11.0. The van der Waals surface area contributed by atoms with Crippen molar-refractivity contribution in [3.05, 3.63) is 82.9 Å². The quantitative estimate of drug-likeness (QED) is 0.285. The molecule has 1 aliphatic rings. The number of Topliss-reactive ketones (excluding diaryl/α,β-unsaturated/α-hetero) is 1. The van der Waals surface area contributed by atoms with Crippen molar-refractivity contribution in [2.75, 3.05) is 13.2 Å². The molecule has 3 heterocycles. The molecule has 0 saturated heterocycles. The second kappa shape index (κ2) is 10.5. The van der Waals surface area contributed by atoms with Crippen molar-refractivity contribution in [3.8, 4) is 11.5 Å². The number of carbonyl (C=O) groups excluding carboxylic acids is 2. The number of rotatable bonds is 11. The van der Waals surface area contributed by atoms with Gasteiger partial charge in [0, 0.05) is 0 Å². The Morgan fingerprint density at radius 1 is 1.11 bits per heavy atom. The summed E-state index contributed by atoms with van der Waals surface area (Å²) in [7, 11) is 0. The van der Waals surface area contributed by atoms with Gasteiger partial charge in [0.2, 0.25) is 5.78 Å². The second-order valence-corrected chi connectivity index (χ2v) is 8.26. The molecule has 8 heteroatoms. The minimum atomic E-state index is -0.880. The number of furan rings is 2. The van der Waals surface area contributed by atoms with Crippen LogP contribution in [0.4, 0.5) is 0 Å². The van der Waals surface area contributed by atoms with Crippen molar-refractivity contribution >= 4 is 11.7 Å². The Bertz CT molecular complexity index is 1220. The standard InChI is InChI=1S/C27H29NO7/c1-4-6-13-34-20-12-10-18(15-22(20)32-5-2)24-23(25(29)21-11-9-17(3)35-21)26(30)27(31)28(24)16-19-8-7-14-33-19/h7-12,14-15,24,30H,4-6,13,16H2,1-3H3. The smallest absolute Gasteiger partial charge is 0.290 e. The number of unbranched alkanes of at least 4 members (excludes halogenated alkanes) is 1. The van der Waals surface area contributed by atoms with Gasteiger partial charge in [0.05, 0.1) is 37.6 Å². The molecule has 1 aromatic carbocycles. The molecule has 1 unspecified atom stereocenters. The first-order valence-electron chi connectivity index (χ1n) is 11.7. The molecule has 8 nitrogen and oxygen atoms in total. The fraction of sp³-hybridized carbons (Fsp3) is 0.333. The highest BCUT2D eigenvalue weighted by atomic mass is 16.5. The molecule has 0 spiro atoms. The van der Waals surface area contributed by atoms with E-state index in [9.17, 15) is 14.7 Å². The zero-order chi connectivity index (χ0) is 24.9. The molecule has 35 heavy (non-hydrogen) atoms. The number of ketones is 1. The molecule has 0 saturated carbocycles. The molecule has 1 amide bonds. The lowest BCUT2D eigenvalue weighted by atomic mass is 9.94. The fourth-order valence-corrected chi connectivity index (χ4v) is 4.06. The van der Waals surface area contributed by atoms with Crippen molar-refractivity contribution in [2.24, 2.45) is 0 Å². The average Bonchev–Trinajstić information content (AvgIpc) is 3.57. The molecule has 184 valence electrons. The van der Waals surface area contributed by atoms with Crippen molar-refractivity contribution in [3.63, 3.8) is 0 Å². The highest BCUT2D eigenvalue weighted by molar-refractivity contribution is 6.15. The molecule has 1 N–H and O–H groups in total. The van der Waals surface area contributed by atoms with Gasteiger partial charge < -0.3 is 28.3 Å². The van der Waals surface area contributed by atoms with Crippen molar-refractivity contribution < 1.29 is 33.0 Å². The Balaban J connectivity index is 1.77. The molecule has 2 aromatic heterocycles. The first-order chi connectivity index (χ1) is 16.9. The molecule has 0 fully saturated rings. The molecule has 3 aromatic rings. The van der Waals surface area contributed by atoms with Gasteiger partial charge >= 0.3 is 0 Å². The minimum absolute atomic E-state index is 0.0475. The summed E-state index contributed by atoms with van der Waals surface area (Å²) in [5, 5.41) is 10.8. The van der Waals surface area contributed by atoms with E-state index in [4.69, 9.17) is 18.3 Å². The van der Waals surface area contributed by atoms with E-state index >= 15 is 0 Å². The number of ether oxygens (including phenoxy) is 2. The summed E-state index contributed by atoms with van der Waals surface area (Å²) in [5.41, 5.74) is 0.532. The van der Waals surface area contributed by atoms with Gasteiger partial charge in [0.1, 0.15) is 11.5 Å². The van der Waals surface area contributed by atoms with E-state index in [0.29, 0.717) is 41.8 Å². The van der Waals surface area contributed by atoms with Crippen molar-refractivity contribution in [2.45, 2.75) is 46.2 Å². The Kier molecular flexibility index (Phi) is 7.29. The van der Waals surface area contributed by atoms with Crippen LogP contribution in [0, 0.1) is 6.92 Å². The van der Waals surface area contributed by atoms with Crippen LogP contribution in [0.25, 0.3) is 0 Å². The van der Waals surface area contributed by atoms with Gasteiger partial charge in [-0.15, -0.1) is 0 Å². The summed E-state index contributed by atoms with van der Waals surface area (Å²) in [4.78, 5) is 28.0. The Hall–Kier alpha value is -3.94. The number of hydrogen-bond acceptors (Lipinski definition) is 7. The summed E-state index contributed by atoms with van der Waals surface area (Å²) < 4.78 is 22.7. The van der Waals surface area contributed by atoms with Crippen molar-refractivity contribution in [1.29, 1.82) is 0 Å². The van der Waals surface area contributed by atoms with E-state index in [1.54, 1.807) is 43.3 Å². The zero-order valence-electron chi connectivity index (χ0n) is 20.1. The van der Waals surface area contributed by atoms with Gasteiger partial charge in [-0.3, -0.25) is 9.59 Å². The van der Waals surface area contributed by atoms with E-state index < -0.39 is 23.5 Å². The van der Waals surface area contributed by atoms with Crippen LogP contribution in [0.5, 0.6) is 11.5 Å². The molecular weight excluding hydrogens is 450 g/mol. The van der Waals surface area contributed by atoms with Crippen molar-refractivity contribution in [1.82, 2.24) is 4.90 Å². The maximum absolute atomic E-state index is 13.4. The van der Waals surface area contributed by atoms with E-state index in [-0.39, 0.29) is 17.9 Å². The first kappa shape index (κ1) is 24.2. The minimum Gasteiger partial charge on any atom is -0.503 e. The predicted octanol–water partition coefficient (Wildman–Crippen LogP) is 5.54. The van der Waals surface area contributed by atoms with Crippen LogP contribution in [0.15, 0.2) is 68.9 Å². The largest absolute Gasteiger partial charge is 0.503 e. The SMILES string of the molecule is CCCCOc1ccc(C2C(C(=O)c3ccc(C)o3)=C(O)C(=O)N2Cc2ccco2)cc1OCC. The van der Waals surface area contributed by atoms with Crippen LogP contribution >= 0.6 is 0 Å². The van der Waals surface area contributed by atoms with Crippen LogP contribution in [-0.2, 0) is 11.3 Å². The van der Waals surface area contributed by atoms with Crippen LogP contribution in [-0.4, -0.2) is 34.9 Å². The Labute approximate surface area is 203 Å². The van der Waals surface area contributed by atoms with Crippen LogP contribution in [0.2, 0.25) is 0 Å². The highest BCUT2D eigenvalue weighted by Crippen LogP contribution is 2.42. The predicted molar refractivity (Wildman–Crippen MR) is 127 cm³/mol. The van der Waals surface area contributed by atoms with E-state index in [2.05, 4.69) is 6.92 Å². The topological polar surface area (TPSA) is 102 Å². The molecule has 4 rings (SSSR count). The third-order valence-corrected chi connectivity index (χ3v) is 5.76.